The predicted molar refractivity (Wildman–Crippen MR) is 66.9 cm³/mol. The minimum atomic E-state index is -0.576. The van der Waals surface area contributed by atoms with Gasteiger partial charge in [0.05, 0.1) is 18.7 Å². The maximum absolute atomic E-state index is 11.9. The number of benzene rings is 1. The van der Waals surface area contributed by atoms with Crippen molar-refractivity contribution in [1.29, 1.82) is 0 Å². The van der Waals surface area contributed by atoms with E-state index >= 15 is 0 Å². The van der Waals surface area contributed by atoms with Gasteiger partial charge in [0.25, 0.3) is 5.91 Å². The van der Waals surface area contributed by atoms with Gasteiger partial charge in [-0.3, -0.25) is 9.59 Å². The van der Waals surface area contributed by atoms with Crippen molar-refractivity contribution >= 4 is 11.7 Å². The molecule has 0 aliphatic carbocycles. The molecule has 0 radical (unpaired) electrons. The zero-order valence-electron chi connectivity index (χ0n) is 10.7. The number of ether oxygens (including phenoxy) is 1. The lowest BCUT2D eigenvalue weighted by molar-refractivity contribution is -0.120. The molecule has 0 heterocycles. The fourth-order valence-corrected chi connectivity index (χ4v) is 1.49. The molecule has 0 aliphatic heterocycles. The van der Waals surface area contributed by atoms with Crippen molar-refractivity contribution in [3.05, 3.63) is 23.8 Å². The summed E-state index contributed by atoms with van der Waals surface area (Å²) >= 11 is 0. The molecule has 0 saturated heterocycles. The Morgan fingerprint density at radius 1 is 1.44 bits per heavy atom. The molecule has 1 aromatic carbocycles. The molecular weight excluding hydrogens is 234 g/mol. The summed E-state index contributed by atoms with van der Waals surface area (Å²) in [4.78, 5) is 23.3. The second kappa shape index (κ2) is 6.05. The third-order valence-corrected chi connectivity index (χ3v) is 2.63. The van der Waals surface area contributed by atoms with Crippen LogP contribution in [0.4, 0.5) is 0 Å². The smallest absolute Gasteiger partial charge is 0.255 e. The van der Waals surface area contributed by atoms with Crippen LogP contribution in [0, 0.1) is 0 Å². The second-order valence-corrected chi connectivity index (χ2v) is 3.90. The van der Waals surface area contributed by atoms with Crippen molar-refractivity contribution in [2.75, 3.05) is 7.11 Å². The molecule has 1 rings (SSSR count). The molecule has 1 aromatic rings. The number of carbonyl (C=O) groups excluding carboxylic acids is 2. The van der Waals surface area contributed by atoms with Crippen molar-refractivity contribution in [2.45, 2.75) is 26.3 Å². The number of rotatable bonds is 5. The van der Waals surface area contributed by atoms with Gasteiger partial charge >= 0.3 is 0 Å². The first-order valence-corrected chi connectivity index (χ1v) is 5.70. The van der Waals surface area contributed by atoms with Crippen LogP contribution < -0.4 is 10.1 Å². The summed E-state index contributed by atoms with van der Waals surface area (Å²) in [5.41, 5.74) is 0.0881. The summed E-state index contributed by atoms with van der Waals surface area (Å²) in [5.74, 6) is -0.247. The molecule has 1 unspecified atom stereocenters. The molecule has 1 amide bonds. The lowest BCUT2D eigenvalue weighted by Crippen LogP contribution is -2.38. The number of carbonyl (C=O) groups is 2. The largest absolute Gasteiger partial charge is 0.507 e. The van der Waals surface area contributed by atoms with E-state index in [0.717, 1.165) is 0 Å². The third-order valence-electron chi connectivity index (χ3n) is 2.63. The second-order valence-electron chi connectivity index (χ2n) is 3.90. The van der Waals surface area contributed by atoms with E-state index < -0.39 is 11.9 Å². The van der Waals surface area contributed by atoms with Crippen LogP contribution in [0.15, 0.2) is 18.2 Å². The molecule has 5 nitrogen and oxygen atoms in total. The van der Waals surface area contributed by atoms with E-state index in [9.17, 15) is 14.7 Å². The van der Waals surface area contributed by atoms with Gasteiger partial charge in [-0.1, -0.05) is 6.92 Å². The van der Waals surface area contributed by atoms with Gasteiger partial charge in [-0.2, -0.15) is 0 Å². The highest BCUT2D eigenvalue weighted by molar-refractivity contribution is 6.00. The lowest BCUT2D eigenvalue weighted by Gasteiger charge is -2.13. The Hall–Kier alpha value is -2.04. The van der Waals surface area contributed by atoms with Crippen LogP contribution in [-0.2, 0) is 4.79 Å². The van der Waals surface area contributed by atoms with E-state index in [0.29, 0.717) is 12.2 Å². The number of phenols is 1. The van der Waals surface area contributed by atoms with Crippen molar-refractivity contribution in [3.8, 4) is 11.5 Å². The number of hydrogen-bond acceptors (Lipinski definition) is 4. The molecule has 0 bridgehead atoms. The highest BCUT2D eigenvalue weighted by atomic mass is 16.5. The summed E-state index contributed by atoms with van der Waals surface area (Å²) in [6.45, 7) is 3.34. The van der Waals surface area contributed by atoms with Gasteiger partial charge in [0.15, 0.2) is 5.78 Å². The van der Waals surface area contributed by atoms with E-state index in [2.05, 4.69) is 5.32 Å². The normalized spacial score (nSPS) is 11.7. The van der Waals surface area contributed by atoms with Gasteiger partial charge < -0.3 is 15.2 Å². The summed E-state index contributed by atoms with van der Waals surface area (Å²) in [7, 11) is 1.47. The highest BCUT2D eigenvalue weighted by Crippen LogP contribution is 2.22. The first-order valence-electron chi connectivity index (χ1n) is 5.70. The molecule has 18 heavy (non-hydrogen) atoms. The number of Topliss-reactive ketones (excluding diaryl/α,β-unsaturated/α-hetero) is 1. The Balaban J connectivity index is 2.87. The highest BCUT2D eigenvalue weighted by Gasteiger charge is 2.17. The van der Waals surface area contributed by atoms with Gasteiger partial charge in [0, 0.05) is 6.42 Å². The van der Waals surface area contributed by atoms with Crippen LogP contribution >= 0.6 is 0 Å². The third kappa shape index (κ3) is 3.23. The topological polar surface area (TPSA) is 75.6 Å². The van der Waals surface area contributed by atoms with Gasteiger partial charge in [0.2, 0.25) is 0 Å². The number of nitrogens with one attached hydrogen (secondary N) is 1. The maximum atomic E-state index is 11.9. The van der Waals surface area contributed by atoms with Gasteiger partial charge in [-0.25, -0.2) is 0 Å². The maximum Gasteiger partial charge on any atom is 0.255 e. The number of ketones is 1. The molecule has 5 heteroatoms. The molecule has 0 aromatic heterocycles. The quantitative estimate of drug-likeness (QED) is 0.831. The van der Waals surface area contributed by atoms with Crippen molar-refractivity contribution in [1.82, 2.24) is 5.32 Å². The fourth-order valence-electron chi connectivity index (χ4n) is 1.49. The standard InChI is InChI=1S/C13H17NO4/c1-4-11(15)8(2)14-13(17)10-7-9(18-3)5-6-12(10)16/h5-8,16H,4H2,1-3H3,(H,14,17). The number of methoxy groups -OCH3 is 1. The summed E-state index contributed by atoms with van der Waals surface area (Å²) in [6.07, 6.45) is 0.353. The summed E-state index contributed by atoms with van der Waals surface area (Å²) in [6, 6.07) is 3.77. The summed E-state index contributed by atoms with van der Waals surface area (Å²) < 4.78 is 4.98. The van der Waals surface area contributed by atoms with Crippen molar-refractivity contribution in [2.24, 2.45) is 0 Å². The number of phenolic OH excluding ortho intramolecular Hbond substituents is 1. The number of hydrogen-bond donors (Lipinski definition) is 2. The van der Waals surface area contributed by atoms with Crippen molar-refractivity contribution in [3.63, 3.8) is 0 Å². The van der Waals surface area contributed by atoms with Crippen LogP contribution in [0.3, 0.4) is 0 Å². The van der Waals surface area contributed by atoms with Gasteiger partial charge in [-0.05, 0) is 25.1 Å². The van der Waals surface area contributed by atoms with E-state index in [4.69, 9.17) is 4.74 Å². The summed E-state index contributed by atoms with van der Waals surface area (Å²) in [5, 5.41) is 12.1. The van der Waals surface area contributed by atoms with E-state index in [1.165, 1.54) is 19.2 Å². The molecular formula is C13H17NO4. The first-order chi connectivity index (χ1) is 8.49. The van der Waals surface area contributed by atoms with Crippen LogP contribution in [0.1, 0.15) is 30.6 Å². The Morgan fingerprint density at radius 2 is 2.11 bits per heavy atom. The average molecular weight is 251 g/mol. The molecule has 98 valence electrons. The van der Waals surface area contributed by atoms with E-state index in [1.807, 2.05) is 0 Å². The number of aromatic hydroxyl groups is 1. The Bertz CT molecular complexity index is 456. The minimum absolute atomic E-state index is 0.0641. The zero-order chi connectivity index (χ0) is 13.7. The van der Waals surface area contributed by atoms with Crippen LogP contribution in [0.5, 0.6) is 11.5 Å². The van der Waals surface area contributed by atoms with Crippen LogP contribution in [-0.4, -0.2) is 29.9 Å². The zero-order valence-corrected chi connectivity index (χ0v) is 10.7. The van der Waals surface area contributed by atoms with Gasteiger partial charge in [-0.15, -0.1) is 0 Å². The molecule has 0 aliphatic rings. The van der Waals surface area contributed by atoms with E-state index in [1.54, 1.807) is 19.9 Å². The lowest BCUT2D eigenvalue weighted by atomic mass is 10.1. The first kappa shape index (κ1) is 14.0. The molecule has 2 N–H and O–H groups in total. The van der Waals surface area contributed by atoms with E-state index in [-0.39, 0.29) is 17.1 Å². The predicted octanol–water partition coefficient (Wildman–Crippen LogP) is 1.50. The molecule has 0 fully saturated rings. The van der Waals surface area contributed by atoms with Crippen LogP contribution in [0.2, 0.25) is 0 Å². The Kier molecular flexibility index (Phi) is 4.71. The van der Waals surface area contributed by atoms with Crippen molar-refractivity contribution < 1.29 is 19.4 Å². The average Bonchev–Trinajstić information content (AvgIpc) is 2.38. The number of amides is 1. The fraction of sp³-hybridized carbons (Fsp3) is 0.385. The molecule has 1 atom stereocenters. The monoisotopic (exact) mass is 251 g/mol. The van der Waals surface area contributed by atoms with Gasteiger partial charge in [0.1, 0.15) is 11.5 Å². The molecule has 0 saturated carbocycles. The SMILES string of the molecule is CCC(=O)C(C)NC(=O)c1cc(OC)ccc1O. The Labute approximate surface area is 106 Å². The minimum Gasteiger partial charge on any atom is -0.507 e. The van der Waals surface area contributed by atoms with Crippen LogP contribution in [0.25, 0.3) is 0 Å². The molecule has 0 spiro atoms. The Morgan fingerprint density at radius 3 is 2.67 bits per heavy atom.